The number of para-hydroxylation sites is 2. The Morgan fingerprint density at radius 2 is 1.26 bits per heavy atom. The molecule has 0 saturated carbocycles. The van der Waals surface area contributed by atoms with E-state index in [4.69, 9.17) is 0 Å². The Hall–Kier alpha value is -2.94. The summed E-state index contributed by atoms with van der Waals surface area (Å²) in [6.07, 6.45) is 1.86. The van der Waals surface area contributed by atoms with Gasteiger partial charge in [0.05, 0.1) is 0 Å². The van der Waals surface area contributed by atoms with Gasteiger partial charge >= 0.3 is 0 Å². The van der Waals surface area contributed by atoms with E-state index in [0.717, 1.165) is 28.7 Å². The first-order chi connectivity index (χ1) is 12.9. The van der Waals surface area contributed by atoms with Crippen LogP contribution >= 0.6 is 0 Å². The number of rotatable bonds is 6. The number of aromatic hydroxyl groups is 3. The molecule has 0 bridgehead atoms. The molecule has 3 heteroatoms. The van der Waals surface area contributed by atoms with Crippen LogP contribution < -0.4 is 0 Å². The lowest BCUT2D eigenvalue weighted by atomic mass is 9.95. The smallest absolute Gasteiger partial charge is 0.122 e. The van der Waals surface area contributed by atoms with Crippen LogP contribution in [0.3, 0.4) is 0 Å². The predicted octanol–water partition coefficient (Wildman–Crippen LogP) is 5.18. The molecule has 27 heavy (non-hydrogen) atoms. The van der Waals surface area contributed by atoms with Crippen molar-refractivity contribution in [2.24, 2.45) is 5.92 Å². The maximum Gasteiger partial charge on any atom is 0.122 e. The van der Waals surface area contributed by atoms with Gasteiger partial charge in [-0.05, 0) is 52.3 Å². The van der Waals surface area contributed by atoms with Gasteiger partial charge in [-0.25, -0.2) is 0 Å². The highest BCUT2D eigenvalue weighted by atomic mass is 16.3. The molecule has 0 unspecified atom stereocenters. The average molecular weight is 362 g/mol. The minimum Gasteiger partial charge on any atom is -0.508 e. The van der Waals surface area contributed by atoms with Crippen molar-refractivity contribution in [1.29, 1.82) is 0 Å². The summed E-state index contributed by atoms with van der Waals surface area (Å²) in [5.74, 6) is 1.22. The molecule has 0 aliphatic heterocycles. The van der Waals surface area contributed by atoms with Crippen LogP contribution in [0.5, 0.6) is 17.2 Å². The first-order valence-electron chi connectivity index (χ1n) is 9.31. The Kier molecular flexibility index (Phi) is 5.70. The van der Waals surface area contributed by atoms with Crippen molar-refractivity contribution in [1.82, 2.24) is 0 Å². The predicted molar refractivity (Wildman–Crippen MR) is 108 cm³/mol. The monoisotopic (exact) mass is 362 g/mol. The standard InChI is InChI=1S/C24H26O3/c1-16(2)12-17-10-11-23(26)21(13-17)15-20-8-5-7-19(24(20)27)14-18-6-3-4-9-22(18)25/h3-11,13,16,25-27H,12,14-15H2,1-2H3. The maximum atomic E-state index is 10.7. The number of hydrogen-bond acceptors (Lipinski definition) is 3. The summed E-state index contributed by atoms with van der Waals surface area (Å²) in [6, 6.07) is 18.5. The Bertz CT molecular complexity index is 929. The maximum absolute atomic E-state index is 10.7. The summed E-state index contributed by atoms with van der Waals surface area (Å²) >= 11 is 0. The number of phenols is 3. The Balaban J connectivity index is 1.87. The highest BCUT2D eigenvalue weighted by Gasteiger charge is 2.12. The average Bonchev–Trinajstić information content (AvgIpc) is 2.62. The third-order valence-corrected chi connectivity index (χ3v) is 4.74. The van der Waals surface area contributed by atoms with Gasteiger partial charge in [0, 0.05) is 12.8 Å². The van der Waals surface area contributed by atoms with Gasteiger partial charge < -0.3 is 15.3 Å². The van der Waals surface area contributed by atoms with Crippen molar-refractivity contribution in [2.45, 2.75) is 33.1 Å². The minimum atomic E-state index is 0.217. The summed E-state index contributed by atoms with van der Waals surface area (Å²) in [4.78, 5) is 0. The van der Waals surface area contributed by atoms with Crippen LogP contribution in [0.25, 0.3) is 0 Å². The summed E-state index contributed by atoms with van der Waals surface area (Å²) < 4.78 is 0. The molecule has 140 valence electrons. The highest BCUT2D eigenvalue weighted by molar-refractivity contribution is 5.49. The lowest BCUT2D eigenvalue weighted by Gasteiger charge is -2.13. The summed E-state index contributed by atoms with van der Waals surface area (Å²) in [6.45, 7) is 4.33. The molecule has 3 aromatic rings. The highest BCUT2D eigenvalue weighted by Crippen LogP contribution is 2.31. The van der Waals surface area contributed by atoms with Crippen molar-refractivity contribution in [3.8, 4) is 17.2 Å². The van der Waals surface area contributed by atoms with Crippen LogP contribution in [-0.2, 0) is 19.3 Å². The van der Waals surface area contributed by atoms with Crippen LogP contribution in [0.2, 0.25) is 0 Å². The van der Waals surface area contributed by atoms with Gasteiger partial charge in [-0.1, -0.05) is 62.4 Å². The van der Waals surface area contributed by atoms with Gasteiger partial charge in [0.15, 0.2) is 0 Å². The van der Waals surface area contributed by atoms with E-state index in [1.54, 1.807) is 18.2 Å². The molecule has 0 heterocycles. The number of phenolic OH excluding ortho intramolecular Hbond substituents is 3. The molecule has 3 rings (SSSR count). The molecule has 0 aliphatic carbocycles. The van der Waals surface area contributed by atoms with Crippen molar-refractivity contribution in [2.75, 3.05) is 0 Å². The molecule has 3 aromatic carbocycles. The van der Waals surface area contributed by atoms with E-state index >= 15 is 0 Å². The second-order valence-corrected chi connectivity index (χ2v) is 7.47. The van der Waals surface area contributed by atoms with Crippen molar-refractivity contribution < 1.29 is 15.3 Å². The van der Waals surface area contributed by atoms with E-state index < -0.39 is 0 Å². The van der Waals surface area contributed by atoms with E-state index in [0.29, 0.717) is 18.8 Å². The Morgan fingerprint density at radius 1 is 0.667 bits per heavy atom. The van der Waals surface area contributed by atoms with Crippen molar-refractivity contribution >= 4 is 0 Å². The Labute approximate surface area is 160 Å². The third kappa shape index (κ3) is 4.62. The fraction of sp³-hybridized carbons (Fsp3) is 0.250. The molecule has 3 nitrogen and oxygen atoms in total. The molecule has 0 aromatic heterocycles. The van der Waals surface area contributed by atoms with Gasteiger partial charge in [0.1, 0.15) is 17.2 Å². The summed E-state index contributed by atoms with van der Waals surface area (Å²) in [5.41, 5.74) is 4.28. The topological polar surface area (TPSA) is 60.7 Å². The van der Waals surface area contributed by atoms with E-state index in [1.807, 2.05) is 42.5 Å². The van der Waals surface area contributed by atoms with E-state index in [2.05, 4.69) is 13.8 Å². The van der Waals surface area contributed by atoms with Crippen molar-refractivity contribution in [3.63, 3.8) is 0 Å². The van der Waals surface area contributed by atoms with Crippen LogP contribution in [0, 0.1) is 5.92 Å². The zero-order valence-corrected chi connectivity index (χ0v) is 15.8. The molecule has 0 amide bonds. The quantitative estimate of drug-likeness (QED) is 0.566. The Morgan fingerprint density at radius 3 is 1.93 bits per heavy atom. The second kappa shape index (κ2) is 8.17. The first kappa shape index (κ1) is 18.8. The summed E-state index contributed by atoms with van der Waals surface area (Å²) in [5, 5.41) is 31.0. The van der Waals surface area contributed by atoms with Crippen molar-refractivity contribution in [3.05, 3.63) is 88.5 Å². The summed E-state index contributed by atoms with van der Waals surface area (Å²) in [7, 11) is 0. The molecular formula is C24H26O3. The molecular weight excluding hydrogens is 336 g/mol. The zero-order chi connectivity index (χ0) is 19.4. The van der Waals surface area contributed by atoms with Gasteiger partial charge in [-0.15, -0.1) is 0 Å². The molecule has 0 spiro atoms. The van der Waals surface area contributed by atoms with Gasteiger partial charge in [0.2, 0.25) is 0 Å². The molecule has 3 N–H and O–H groups in total. The molecule has 0 saturated heterocycles. The lowest BCUT2D eigenvalue weighted by Crippen LogP contribution is -1.98. The molecule has 0 aliphatic rings. The SMILES string of the molecule is CC(C)Cc1ccc(O)c(Cc2cccc(Cc3ccccc3O)c2O)c1. The fourth-order valence-corrected chi connectivity index (χ4v) is 3.38. The first-order valence-corrected chi connectivity index (χ1v) is 9.31. The fourth-order valence-electron chi connectivity index (χ4n) is 3.38. The molecule has 0 fully saturated rings. The van der Waals surface area contributed by atoms with Crippen LogP contribution in [0.15, 0.2) is 60.7 Å². The molecule has 0 atom stereocenters. The van der Waals surface area contributed by atoms with Crippen LogP contribution in [0.1, 0.15) is 41.7 Å². The van der Waals surface area contributed by atoms with Crippen LogP contribution in [0.4, 0.5) is 0 Å². The minimum absolute atomic E-state index is 0.217. The third-order valence-electron chi connectivity index (χ3n) is 4.74. The van der Waals surface area contributed by atoms with E-state index in [1.165, 1.54) is 5.56 Å². The molecule has 0 radical (unpaired) electrons. The normalized spacial score (nSPS) is 11.1. The zero-order valence-electron chi connectivity index (χ0n) is 15.8. The van der Waals surface area contributed by atoms with E-state index in [9.17, 15) is 15.3 Å². The lowest BCUT2D eigenvalue weighted by molar-refractivity contribution is 0.457. The second-order valence-electron chi connectivity index (χ2n) is 7.47. The van der Waals surface area contributed by atoms with Gasteiger partial charge in [-0.3, -0.25) is 0 Å². The van der Waals surface area contributed by atoms with Gasteiger partial charge in [-0.2, -0.15) is 0 Å². The van der Waals surface area contributed by atoms with Gasteiger partial charge in [0.25, 0.3) is 0 Å². The number of hydrogen-bond donors (Lipinski definition) is 3. The number of benzene rings is 3. The largest absolute Gasteiger partial charge is 0.508 e. The van der Waals surface area contributed by atoms with Crippen LogP contribution in [-0.4, -0.2) is 15.3 Å². The van der Waals surface area contributed by atoms with E-state index in [-0.39, 0.29) is 17.2 Å².